The molecule has 20 heavy (non-hydrogen) atoms. The molecule has 0 aromatic heterocycles. The monoisotopic (exact) mass is 276 g/mol. The minimum atomic E-state index is -0.340. The molecule has 1 fully saturated rings. The number of amides is 3. The van der Waals surface area contributed by atoms with Crippen LogP contribution in [0, 0.1) is 5.92 Å². The predicted molar refractivity (Wildman–Crippen MR) is 76.8 cm³/mol. The summed E-state index contributed by atoms with van der Waals surface area (Å²) in [6, 6.07) is 7.20. The second kappa shape index (κ2) is 6.38. The van der Waals surface area contributed by atoms with Gasteiger partial charge in [-0.25, -0.2) is 4.79 Å². The van der Waals surface area contributed by atoms with Crippen LogP contribution in [0.5, 0.6) is 0 Å². The number of primary amides is 1. The molecule has 1 aliphatic rings. The van der Waals surface area contributed by atoms with Gasteiger partial charge in [-0.2, -0.15) is 0 Å². The molecule has 5 N–H and O–H groups in total. The molecule has 2 rings (SSSR count). The third-order valence-electron chi connectivity index (χ3n) is 3.52. The average Bonchev–Trinajstić information content (AvgIpc) is 2.47. The lowest BCUT2D eigenvalue weighted by atomic mass is 9.98. The van der Waals surface area contributed by atoms with Crippen molar-refractivity contribution >= 4 is 17.6 Å². The van der Waals surface area contributed by atoms with E-state index in [0.717, 1.165) is 18.4 Å². The van der Waals surface area contributed by atoms with Gasteiger partial charge in [-0.15, -0.1) is 0 Å². The van der Waals surface area contributed by atoms with E-state index in [1.165, 1.54) is 0 Å². The number of piperidine rings is 1. The number of benzene rings is 1. The maximum Gasteiger partial charge on any atom is 0.321 e. The van der Waals surface area contributed by atoms with Crippen LogP contribution in [0.2, 0.25) is 0 Å². The SMILES string of the molecule is NCc1cccc(NC(=O)N2CCCC(C(N)=O)C2)c1. The molecule has 0 radical (unpaired) electrons. The van der Waals surface area contributed by atoms with Gasteiger partial charge in [0.2, 0.25) is 5.91 Å². The van der Waals surface area contributed by atoms with Crippen LogP contribution >= 0.6 is 0 Å². The first kappa shape index (κ1) is 14.3. The molecule has 1 aromatic carbocycles. The van der Waals surface area contributed by atoms with Crippen molar-refractivity contribution in [2.45, 2.75) is 19.4 Å². The summed E-state index contributed by atoms with van der Waals surface area (Å²) in [7, 11) is 0. The molecule has 1 unspecified atom stereocenters. The zero-order chi connectivity index (χ0) is 14.5. The van der Waals surface area contributed by atoms with Gasteiger partial charge < -0.3 is 21.7 Å². The summed E-state index contributed by atoms with van der Waals surface area (Å²) < 4.78 is 0. The summed E-state index contributed by atoms with van der Waals surface area (Å²) in [6.45, 7) is 1.46. The van der Waals surface area contributed by atoms with Gasteiger partial charge in [0.1, 0.15) is 0 Å². The number of nitrogens with two attached hydrogens (primary N) is 2. The van der Waals surface area contributed by atoms with Crippen molar-refractivity contribution in [3.05, 3.63) is 29.8 Å². The smallest absolute Gasteiger partial charge is 0.321 e. The zero-order valence-electron chi connectivity index (χ0n) is 11.3. The number of rotatable bonds is 3. The molecule has 0 bridgehead atoms. The zero-order valence-corrected chi connectivity index (χ0v) is 11.3. The Morgan fingerprint density at radius 1 is 1.40 bits per heavy atom. The quantitative estimate of drug-likeness (QED) is 0.763. The number of likely N-dealkylation sites (tertiary alicyclic amines) is 1. The molecular formula is C14H20N4O2. The molecule has 0 aliphatic carbocycles. The fraction of sp³-hybridized carbons (Fsp3) is 0.429. The number of anilines is 1. The van der Waals surface area contributed by atoms with Crippen molar-refractivity contribution in [1.29, 1.82) is 0 Å². The molecule has 3 amide bonds. The third-order valence-corrected chi connectivity index (χ3v) is 3.52. The molecule has 6 heteroatoms. The summed E-state index contributed by atoms with van der Waals surface area (Å²) in [5.41, 5.74) is 12.5. The molecule has 1 aromatic rings. The van der Waals surface area contributed by atoms with Crippen LogP contribution in [-0.4, -0.2) is 29.9 Å². The van der Waals surface area contributed by atoms with Gasteiger partial charge in [0.05, 0.1) is 5.92 Å². The van der Waals surface area contributed by atoms with E-state index in [0.29, 0.717) is 25.3 Å². The molecule has 1 atom stereocenters. The number of hydrogen-bond donors (Lipinski definition) is 3. The largest absolute Gasteiger partial charge is 0.369 e. The summed E-state index contributed by atoms with van der Waals surface area (Å²) in [4.78, 5) is 25.0. The van der Waals surface area contributed by atoms with Gasteiger partial charge in [-0.3, -0.25) is 4.79 Å². The third kappa shape index (κ3) is 3.48. The fourth-order valence-corrected chi connectivity index (χ4v) is 2.37. The van der Waals surface area contributed by atoms with Crippen LogP contribution in [0.25, 0.3) is 0 Å². The van der Waals surface area contributed by atoms with Gasteiger partial charge in [-0.05, 0) is 30.5 Å². The van der Waals surface area contributed by atoms with Gasteiger partial charge in [0, 0.05) is 25.3 Å². The van der Waals surface area contributed by atoms with Gasteiger partial charge in [0.15, 0.2) is 0 Å². The Bertz CT molecular complexity index is 504. The summed E-state index contributed by atoms with van der Waals surface area (Å²) in [5, 5.41) is 2.83. The highest BCUT2D eigenvalue weighted by Crippen LogP contribution is 2.18. The van der Waals surface area contributed by atoms with Crippen LogP contribution in [0.4, 0.5) is 10.5 Å². The number of hydrogen-bond acceptors (Lipinski definition) is 3. The van der Waals surface area contributed by atoms with Crippen LogP contribution < -0.4 is 16.8 Å². The van der Waals surface area contributed by atoms with Crippen molar-refractivity contribution in [2.75, 3.05) is 18.4 Å². The van der Waals surface area contributed by atoms with Crippen molar-refractivity contribution < 1.29 is 9.59 Å². The lowest BCUT2D eigenvalue weighted by molar-refractivity contribution is -0.123. The van der Waals surface area contributed by atoms with E-state index in [2.05, 4.69) is 5.32 Å². The molecule has 0 saturated carbocycles. The first-order chi connectivity index (χ1) is 9.60. The van der Waals surface area contributed by atoms with E-state index in [4.69, 9.17) is 11.5 Å². The van der Waals surface area contributed by atoms with E-state index in [9.17, 15) is 9.59 Å². The number of urea groups is 1. The fourth-order valence-electron chi connectivity index (χ4n) is 2.37. The van der Waals surface area contributed by atoms with Gasteiger partial charge in [-0.1, -0.05) is 12.1 Å². The van der Waals surface area contributed by atoms with Crippen LogP contribution in [-0.2, 0) is 11.3 Å². The number of nitrogens with zero attached hydrogens (tertiary/aromatic N) is 1. The van der Waals surface area contributed by atoms with E-state index in [1.54, 1.807) is 4.90 Å². The summed E-state index contributed by atoms with van der Waals surface area (Å²) >= 11 is 0. The molecule has 6 nitrogen and oxygen atoms in total. The highest BCUT2D eigenvalue weighted by atomic mass is 16.2. The maximum atomic E-state index is 12.2. The molecule has 0 spiro atoms. The molecule has 108 valence electrons. The van der Waals surface area contributed by atoms with Crippen LogP contribution in [0.3, 0.4) is 0 Å². The Balaban J connectivity index is 1.98. The maximum absolute atomic E-state index is 12.2. The molecular weight excluding hydrogens is 256 g/mol. The number of carbonyl (C=O) groups excluding carboxylic acids is 2. The van der Waals surface area contributed by atoms with E-state index in [-0.39, 0.29) is 17.9 Å². The minimum Gasteiger partial charge on any atom is -0.369 e. The van der Waals surface area contributed by atoms with Crippen LogP contribution in [0.15, 0.2) is 24.3 Å². The summed E-state index contributed by atoms with van der Waals surface area (Å²) in [5.74, 6) is -0.586. The van der Waals surface area contributed by atoms with Crippen LogP contribution in [0.1, 0.15) is 18.4 Å². The standard InChI is InChI=1S/C14H20N4O2/c15-8-10-3-1-5-12(7-10)17-14(20)18-6-2-4-11(9-18)13(16)19/h1,3,5,7,11H,2,4,6,8-9,15H2,(H2,16,19)(H,17,20). The Kier molecular flexibility index (Phi) is 4.57. The predicted octanol–water partition coefficient (Wildman–Crippen LogP) is 0.875. The second-order valence-corrected chi connectivity index (χ2v) is 5.02. The molecule has 1 heterocycles. The average molecular weight is 276 g/mol. The second-order valence-electron chi connectivity index (χ2n) is 5.02. The first-order valence-electron chi connectivity index (χ1n) is 6.74. The van der Waals surface area contributed by atoms with Crippen molar-refractivity contribution in [1.82, 2.24) is 4.90 Å². The van der Waals surface area contributed by atoms with Crippen molar-refractivity contribution in [3.63, 3.8) is 0 Å². The number of carbonyl (C=O) groups is 2. The normalized spacial score (nSPS) is 18.6. The topological polar surface area (TPSA) is 101 Å². The Morgan fingerprint density at radius 2 is 2.20 bits per heavy atom. The Labute approximate surface area is 118 Å². The minimum absolute atomic E-state index is 0.204. The Morgan fingerprint density at radius 3 is 2.90 bits per heavy atom. The van der Waals surface area contributed by atoms with Gasteiger partial charge in [0.25, 0.3) is 0 Å². The highest BCUT2D eigenvalue weighted by Gasteiger charge is 2.26. The summed E-state index contributed by atoms with van der Waals surface area (Å²) in [6.07, 6.45) is 1.55. The van der Waals surface area contributed by atoms with Crippen molar-refractivity contribution in [2.24, 2.45) is 17.4 Å². The molecule has 1 saturated heterocycles. The highest BCUT2D eigenvalue weighted by molar-refractivity contribution is 5.90. The number of nitrogens with one attached hydrogen (secondary N) is 1. The van der Waals surface area contributed by atoms with E-state index in [1.807, 2.05) is 24.3 Å². The van der Waals surface area contributed by atoms with E-state index < -0.39 is 0 Å². The molecule has 1 aliphatic heterocycles. The van der Waals surface area contributed by atoms with Gasteiger partial charge >= 0.3 is 6.03 Å². The first-order valence-corrected chi connectivity index (χ1v) is 6.74. The van der Waals surface area contributed by atoms with E-state index >= 15 is 0 Å². The Hall–Kier alpha value is -2.08. The lowest BCUT2D eigenvalue weighted by Gasteiger charge is -2.31. The lowest BCUT2D eigenvalue weighted by Crippen LogP contribution is -2.45. The van der Waals surface area contributed by atoms with Crippen molar-refractivity contribution in [3.8, 4) is 0 Å².